The van der Waals surface area contributed by atoms with Gasteiger partial charge in [-0.2, -0.15) is 0 Å². The predicted molar refractivity (Wildman–Crippen MR) is 75.9 cm³/mol. The summed E-state index contributed by atoms with van der Waals surface area (Å²) in [6.07, 6.45) is 0. The average molecular weight is 273 g/mol. The second kappa shape index (κ2) is 5.41. The number of halogens is 1. The minimum atomic E-state index is -0.197. The van der Waals surface area contributed by atoms with E-state index in [0.29, 0.717) is 25.3 Å². The Morgan fingerprint density at radius 1 is 1.05 bits per heavy atom. The summed E-state index contributed by atoms with van der Waals surface area (Å²) in [4.78, 5) is 0. The van der Waals surface area contributed by atoms with Crippen molar-refractivity contribution in [3.8, 4) is 11.5 Å². The van der Waals surface area contributed by atoms with Gasteiger partial charge >= 0.3 is 0 Å². The first-order valence-corrected chi connectivity index (χ1v) is 6.61. The van der Waals surface area contributed by atoms with Crippen LogP contribution in [0.4, 0.5) is 10.1 Å². The van der Waals surface area contributed by atoms with E-state index in [2.05, 4.69) is 5.32 Å². The number of rotatable bonds is 3. The molecule has 0 bridgehead atoms. The van der Waals surface area contributed by atoms with E-state index in [1.54, 1.807) is 13.0 Å². The Kier molecular flexibility index (Phi) is 3.46. The predicted octanol–water partition coefficient (Wildman–Crippen LogP) is 3.52. The zero-order valence-electron chi connectivity index (χ0n) is 11.3. The van der Waals surface area contributed by atoms with Gasteiger partial charge in [0.2, 0.25) is 0 Å². The molecule has 20 heavy (non-hydrogen) atoms. The van der Waals surface area contributed by atoms with E-state index in [0.717, 1.165) is 22.7 Å². The van der Waals surface area contributed by atoms with E-state index in [4.69, 9.17) is 9.47 Å². The van der Waals surface area contributed by atoms with Crippen LogP contribution in [0.1, 0.15) is 11.1 Å². The zero-order valence-corrected chi connectivity index (χ0v) is 11.3. The summed E-state index contributed by atoms with van der Waals surface area (Å²) in [7, 11) is 0. The number of benzene rings is 2. The molecule has 1 aliphatic heterocycles. The van der Waals surface area contributed by atoms with Crippen LogP contribution < -0.4 is 14.8 Å². The molecule has 0 saturated heterocycles. The molecule has 0 aromatic heterocycles. The number of aryl methyl sites for hydroxylation is 1. The Morgan fingerprint density at radius 2 is 1.85 bits per heavy atom. The summed E-state index contributed by atoms with van der Waals surface area (Å²) in [6.45, 7) is 3.53. The van der Waals surface area contributed by atoms with E-state index in [-0.39, 0.29) is 5.82 Å². The van der Waals surface area contributed by atoms with Gasteiger partial charge in [0.15, 0.2) is 11.5 Å². The lowest BCUT2D eigenvalue weighted by Gasteiger charge is -2.19. The molecule has 0 spiro atoms. The summed E-state index contributed by atoms with van der Waals surface area (Å²) in [5.74, 6) is 1.35. The maximum absolute atomic E-state index is 13.5. The van der Waals surface area contributed by atoms with Gasteiger partial charge in [-0.3, -0.25) is 0 Å². The minimum Gasteiger partial charge on any atom is -0.486 e. The maximum atomic E-state index is 13.5. The van der Waals surface area contributed by atoms with Gasteiger partial charge < -0.3 is 14.8 Å². The van der Waals surface area contributed by atoms with Crippen molar-refractivity contribution in [3.05, 3.63) is 53.3 Å². The molecule has 0 saturated carbocycles. The molecular weight excluding hydrogens is 257 g/mol. The lowest BCUT2D eigenvalue weighted by Crippen LogP contribution is -2.15. The lowest BCUT2D eigenvalue weighted by molar-refractivity contribution is 0.171. The summed E-state index contributed by atoms with van der Waals surface area (Å²) in [5, 5.41) is 3.20. The zero-order chi connectivity index (χ0) is 13.9. The average Bonchev–Trinajstić information content (AvgIpc) is 2.48. The fraction of sp³-hybridized carbons (Fsp3) is 0.250. The van der Waals surface area contributed by atoms with E-state index in [1.807, 2.05) is 24.3 Å². The molecule has 104 valence electrons. The SMILES string of the molecule is Cc1ccc(NCc2ccc3c(c2)OCCO3)cc1F. The van der Waals surface area contributed by atoms with Gasteiger partial charge in [0, 0.05) is 12.2 Å². The first-order chi connectivity index (χ1) is 9.72. The minimum absolute atomic E-state index is 0.197. The largest absolute Gasteiger partial charge is 0.486 e. The van der Waals surface area contributed by atoms with Gasteiger partial charge in [-0.15, -0.1) is 0 Å². The highest BCUT2D eigenvalue weighted by atomic mass is 19.1. The molecule has 0 aliphatic carbocycles. The van der Waals surface area contributed by atoms with Crippen molar-refractivity contribution >= 4 is 5.69 Å². The molecule has 4 heteroatoms. The normalized spacial score (nSPS) is 13.1. The van der Waals surface area contributed by atoms with Crippen LogP contribution in [0.2, 0.25) is 0 Å². The maximum Gasteiger partial charge on any atom is 0.161 e. The Morgan fingerprint density at radius 3 is 2.65 bits per heavy atom. The van der Waals surface area contributed by atoms with E-state index in [9.17, 15) is 4.39 Å². The number of hydrogen-bond acceptors (Lipinski definition) is 3. The van der Waals surface area contributed by atoms with Crippen molar-refractivity contribution in [1.29, 1.82) is 0 Å². The monoisotopic (exact) mass is 273 g/mol. The van der Waals surface area contributed by atoms with Crippen LogP contribution in [0.15, 0.2) is 36.4 Å². The first-order valence-electron chi connectivity index (χ1n) is 6.61. The molecule has 1 heterocycles. The molecule has 1 N–H and O–H groups in total. The number of ether oxygens (including phenoxy) is 2. The van der Waals surface area contributed by atoms with Gasteiger partial charge in [-0.25, -0.2) is 4.39 Å². The third kappa shape index (κ3) is 2.69. The molecule has 3 nitrogen and oxygen atoms in total. The first kappa shape index (κ1) is 12.8. The standard InChI is InChI=1S/C16H16FNO2/c1-11-2-4-13(9-14(11)17)18-10-12-3-5-15-16(8-12)20-7-6-19-15/h2-5,8-9,18H,6-7,10H2,1H3. The molecule has 0 radical (unpaired) electrons. The second-order valence-electron chi connectivity index (χ2n) is 4.80. The highest BCUT2D eigenvalue weighted by Crippen LogP contribution is 2.30. The fourth-order valence-electron chi connectivity index (χ4n) is 2.10. The molecular formula is C16H16FNO2. The molecule has 3 rings (SSSR count). The number of fused-ring (bicyclic) bond motifs is 1. The second-order valence-corrected chi connectivity index (χ2v) is 4.80. The molecule has 2 aromatic carbocycles. The van der Waals surface area contributed by atoms with E-state index >= 15 is 0 Å². The van der Waals surface area contributed by atoms with E-state index in [1.165, 1.54) is 6.07 Å². The van der Waals surface area contributed by atoms with Crippen LogP contribution in [-0.2, 0) is 6.54 Å². The Labute approximate surface area is 117 Å². The topological polar surface area (TPSA) is 30.5 Å². The third-order valence-corrected chi connectivity index (χ3v) is 3.28. The molecule has 0 amide bonds. The Hall–Kier alpha value is -2.23. The van der Waals surface area contributed by atoms with Crippen LogP contribution in [0.25, 0.3) is 0 Å². The number of anilines is 1. The van der Waals surface area contributed by atoms with Crippen molar-refractivity contribution in [2.24, 2.45) is 0 Å². The third-order valence-electron chi connectivity index (χ3n) is 3.28. The smallest absolute Gasteiger partial charge is 0.161 e. The summed E-state index contributed by atoms with van der Waals surface area (Å²) >= 11 is 0. The van der Waals surface area contributed by atoms with Gasteiger partial charge in [0.1, 0.15) is 19.0 Å². The summed E-state index contributed by atoms with van der Waals surface area (Å²) < 4.78 is 24.5. The Balaban J connectivity index is 1.70. The lowest BCUT2D eigenvalue weighted by atomic mass is 10.1. The van der Waals surface area contributed by atoms with Crippen LogP contribution in [-0.4, -0.2) is 13.2 Å². The van der Waals surface area contributed by atoms with E-state index < -0.39 is 0 Å². The fourth-order valence-corrected chi connectivity index (χ4v) is 2.10. The molecule has 0 unspecified atom stereocenters. The highest BCUT2D eigenvalue weighted by Gasteiger charge is 2.11. The van der Waals surface area contributed by atoms with Crippen LogP contribution in [0.5, 0.6) is 11.5 Å². The Bertz CT molecular complexity index is 628. The van der Waals surface area contributed by atoms with Crippen molar-refractivity contribution in [2.45, 2.75) is 13.5 Å². The van der Waals surface area contributed by atoms with Gasteiger partial charge in [-0.1, -0.05) is 12.1 Å². The quantitative estimate of drug-likeness (QED) is 0.928. The van der Waals surface area contributed by atoms with Gasteiger partial charge in [0.05, 0.1) is 0 Å². The molecule has 0 atom stereocenters. The molecule has 2 aromatic rings. The summed E-state index contributed by atoms with van der Waals surface area (Å²) in [5.41, 5.74) is 2.48. The van der Waals surface area contributed by atoms with Crippen LogP contribution in [0, 0.1) is 12.7 Å². The molecule has 1 aliphatic rings. The summed E-state index contributed by atoms with van der Waals surface area (Å²) in [6, 6.07) is 11.0. The van der Waals surface area contributed by atoms with Crippen LogP contribution >= 0.6 is 0 Å². The van der Waals surface area contributed by atoms with Crippen LogP contribution in [0.3, 0.4) is 0 Å². The van der Waals surface area contributed by atoms with Gasteiger partial charge in [-0.05, 0) is 42.3 Å². The van der Waals surface area contributed by atoms with Crippen molar-refractivity contribution < 1.29 is 13.9 Å². The number of nitrogens with one attached hydrogen (secondary N) is 1. The highest BCUT2D eigenvalue weighted by molar-refractivity contribution is 5.48. The van der Waals surface area contributed by atoms with Crippen molar-refractivity contribution in [2.75, 3.05) is 18.5 Å². The van der Waals surface area contributed by atoms with Crippen molar-refractivity contribution in [3.63, 3.8) is 0 Å². The molecule has 0 fully saturated rings. The van der Waals surface area contributed by atoms with Crippen molar-refractivity contribution in [1.82, 2.24) is 0 Å². The number of hydrogen-bond donors (Lipinski definition) is 1. The van der Waals surface area contributed by atoms with Gasteiger partial charge in [0.25, 0.3) is 0 Å².